The minimum atomic E-state index is -0.0899. The second-order valence-corrected chi connectivity index (χ2v) is 8.96. The number of methoxy groups -OCH3 is 1. The minimum absolute atomic E-state index is 0.0590. The van der Waals surface area contributed by atoms with E-state index in [4.69, 9.17) is 9.84 Å². The van der Waals surface area contributed by atoms with Crippen molar-refractivity contribution < 1.29 is 9.53 Å². The summed E-state index contributed by atoms with van der Waals surface area (Å²) in [4.78, 5) is 13.1. The Bertz CT molecular complexity index is 1190. The molecule has 33 heavy (non-hydrogen) atoms. The van der Waals surface area contributed by atoms with Gasteiger partial charge in [-0.1, -0.05) is 54.6 Å². The highest BCUT2D eigenvalue weighted by molar-refractivity contribution is 5.96. The predicted octanol–water partition coefficient (Wildman–Crippen LogP) is 4.92. The lowest BCUT2D eigenvalue weighted by molar-refractivity contribution is 0.0891. The minimum Gasteiger partial charge on any atom is -0.496 e. The molecule has 5 nitrogen and oxygen atoms in total. The van der Waals surface area contributed by atoms with Gasteiger partial charge in [0.1, 0.15) is 5.75 Å². The van der Waals surface area contributed by atoms with E-state index in [1.165, 1.54) is 11.3 Å². The lowest BCUT2D eigenvalue weighted by atomic mass is 9.63. The number of rotatable bonds is 6. The van der Waals surface area contributed by atoms with Gasteiger partial charge < -0.3 is 10.1 Å². The maximum absolute atomic E-state index is 13.1. The molecule has 2 atom stereocenters. The molecular formula is C28H29N3O2. The van der Waals surface area contributed by atoms with Crippen LogP contribution in [0.4, 0.5) is 0 Å². The number of nitrogens with one attached hydrogen (secondary N) is 1. The number of allylic oxidation sites excluding steroid dienone is 4. The summed E-state index contributed by atoms with van der Waals surface area (Å²) < 4.78 is 7.39. The fraction of sp³-hybridized carbons (Fsp3) is 0.286. The third kappa shape index (κ3) is 4.23. The van der Waals surface area contributed by atoms with Crippen LogP contribution in [0.25, 0.3) is 5.69 Å². The van der Waals surface area contributed by atoms with Gasteiger partial charge in [-0.15, -0.1) is 0 Å². The van der Waals surface area contributed by atoms with Crippen LogP contribution in [0.1, 0.15) is 34.5 Å². The van der Waals surface area contributed by atoms with Crippen molar-refractivity contribution in [3.8, 4) is 11.4 Å². The zero-order valence-corrected chi connectivity index (χ0v) is 18.9. The summed E-state index contributed by atoms with van der Waals surface area (Å²) >= 11 is 0. The molecule has 0 bridgehead atoms. The highest BCUT2D eigenvalue weighted by Gasteiger charge is 2.41. The number of hydrogen-bond acceptors (Lipinski definition) is 3. The molecule has 1 aromatic heterocycles. The third-order valence-corrected chi connectivity index (χ3v) is 7.02. The molecule has 2 unspecified atom stereocenters. The van der Waals surface area contributed by atoms with Crippen molar-refractivity contribution in [3.63, 3.8) is 0 Å². The number of amides is 1. The molecule has 5 heteroatoms. The number of benzene rings is 2. The van der Waals surface area contributed by atoms with E-state index >= 15 is 0 Å². The van der Waals surface area contributed by atoms with Crippen molar-refractivity contribution in [3.05, 3.63) is 102 Å². The third-order valence-electron chi connectivity index (χ3n) is 7.02. The van der Waals surface area contributed by atoms with Crippen molar-refractivity contribution in [2.45, 2.75) is 25.7 Å². The summed E-state index contributed by atoms with van der Waals surface area (Å²) in [6, 6.07) is 17.6. The monoisotopic (exact) mass is 439 g/mol. The van der Waals surface area contributed by atoms with Crippen molar-refractivity contribution in [1.29, 1.82) is 0 Å². The Morgan fingerprint density at radius 3 is 2.76 bits per heavy atom. The van der Waals surface area contributed by atoms with Crippen LogP contribution in [0.3, 0.4) is 0 Å². The van der Waals surface area contributed by atoms with Crippen molar-refractivity contribution >= 4 is 5.91 Å². The molecule has 1 heterocycles. The van der Waals surface area contributed by atoms with Crippen LogP contribution >= 0.6 is 0 Å². The molecule has 1 amide bonds. The summed E-state index contributed by atoms with van der Waals surface area (Å²) in [5.41, 5.74) is 4.03. The van der Waals surface area contributed by atoms with Crippen LogP contribution in [-0.2, 0) is 12.8 Å². The van der Waals surface area contributed by atoms with E-state index in [0.717, 1.165) is 31.4 Å². The van der Waals surface area contributed by atoms with Gasteiger partial charge in [0.2, 0.25) is 0 Å². The SMILES string of the molecule is COc1ccccc1C(=O)NCC1(C2C=CC=CC2)CCc2nn(-c3ccccc3)cc2C1. The standard InChI is InChI=1S/C28H29N3O2/c1-33-26-15-9-8-14-24(26)27(32)29-20-28(22-10-4-2-5-11-22)17-16-25-21(18-28)19-31(30-25)23-12-6-3-7-13-23/h2-10,12-15,19,22H,11,16-18,20H2,1H3,(H,29,32). The molecule has 2 aliphatic rings. The normalized spacial score (nSPS) is 21.4. The molecule has 0 aliphatic heterocycles. The molecule has 0 saturated carbocycles. The zero-order valence-electron chi connectivity index (χ0n) is 18.9. The largest absolute Gasteiger partial charge is 0.496 e. The molecule has 2 aromatic carbocycles. The van der Waals surface area contributed by atoms with E-state index in [9.17, 15) is 4.79 Å². The average Bonchev–Trinajstić information content (AvgIpc) is 3.31. The maximum Gasteiger partial charge on any atom is 0.255 e. The van der Waals surface area contributed by atoms with E-state index in [-0.39, 0.29) is 11.3 Å². The second kappa shape index (κ2) is 9.10. The van der Waals surface area contributed by atoms with Crippen molar-refractivity contribution in [2.75, 3.05) is 13.7 Å². The van der Waals surface area contributed by atoms with Gasteiger partial charge in [-0.2, -0.15) is 5.10 Å². The van der Waals surface area contributed by atoms with Crippen LogP contribution in [0.2, 0.25) is 0 Å². The molecular weight excluding hydrogens is 410 g/mol. The number of nitrogens with zero attached hydrogens (tertiary/aromatic N) is 2. The first-order valence-electron chi connectivity index (χ1n) is 11.6. The molecule has 0 fully saturated rings. The predicted molar refractivity (Wildman–Crippen MR) is 130 cm³/mol. The smallest absolute Gasteiger partial charge is 0.255 e. The number of aryl methyl sites for hydroxylation is 1. The number of hydrogen-bond donors (Lipinski definition) is 1. The van der Waals surface area contributed by atoms with Gasteiger partial charge in [0.05, 0.1) is 24.1 Å². The molecule has 2 aliphatic carbocycles. The molecule has 5 rings (SSSR count). The first kappa shape index (κ1) is 21.3. The number of fused-ring (bicyclic) bond motifs is 1. The van der Waals surface area contributed by atoms with Crippen LogP contribution in [0.15, 0.2) is 85.1 Å². The Hall–Kier alpha value is -3.60. The Balaban J connectivity index is 1.41. The van der Waals surface area contributed by atoms with Gasteiger partial charge in [-0.25, -0.2) is 4.68 Å². The Morgan fingerprint density at radius 1 is 1.15 bits per heavy atom. The van der Waals surface area contributed by atoms with Gasteiger partial charge in [0, 0.05) is 12.7 Å². The van der Waals surface area contributed by atoms with Gasteiger partial charge in [-0.3, -0.25) is 4.79 Å². The molecule has 0 saturated heterocycles. The topological polar surface area (TPSA) is 56.1 Å². The maximum atomic E-state index is 13.1. The van der Waals surface area contributed by atoms with Crippen LogP contribution in [0.5, 0.6) is 5.75 Å². The van der Waals surface area contributed by atoms with Gasteiger partial charge >= 0.3 is 0 Å². The molecule has 0 radical (unpaired) electrons. The summed E-state index contributed by atoms with van der Waals surface area (Å²) in [7, 11) is 1.60. The van der Waals surface area contributed by atoms with Crippen molar-refractivity contribution in [2.24, 2.45) is 11.3 Å². The highest BCUT2D eigenvalue weighted by Crippen LogP contribution is 2.44. The Kier molecular flexibility index (Phi) is 5.86. The van der Waals surface area contributed by atoms with E-state index in [2.05, 4.69) is 48.0 Å². The van der Waals surface area contributed by atoms with Crippen LogP contribution in [-0.4, -0.2) is 29.3 Å². The van der Waals surface area contributed by atoms with Gasteiger partial charge in [0.15, 0.2) is 0 Å². The first-order valence-corrected chi connectivity index (χ1v) is 11.6. The first-order chi connectivity index (χ1) is 16.2. The highest BCUT2D eigenvalue weighted by atomic mass is 16.5. The number of aromatic nitrogens is 2. The molecule has 3 aromatic rings. The summed E-state index contributed by atoms with van der Waals surface area (Å²) in [5.74, 6) is 0.876. The number of carbonyl (C=O) groups excluding carboxylic acids is 1. The van der Waals surface area contributed by atoms with Gasteiger partial charge in [0.25, 0.3) is 5.91 Å². The lowest BCUT2D eigenvalue weighted by Gasteiger charge is -2.42. The Morgan fingerprint density at radius 2 is 1.97 bits per heavy atom. The number of ether oxygens (including phenoxy) is 1. The number of carbonyl (C=O) groups is 1. The van der Waals surface area contributed by atoms with E-state index in [1.54, 1.807) is 7.11 Å². The summed E-state index contributed by atoms with van der Waals surface area (Å²) in [6.07, 6.45) is 14.7. The summed E-state index contributed by atoms with van der Waals surface area (Å²) in [5, 5.41) is 8.12. The van der Waals surface area contributed by atoms with E-state index in [1.807, 2.05) is 47.1 Å². The fourth-order valence-electron chi connectivity index (χ4n) is 5.17. The average molecular weight is 440 g/mol. The zero-order chi connectivity index (χ0) is 22.7. The van der Waals surface area contributed by atoms with Crippen LogP contribution < -0.4 is 10.1 Å². The molecule has 0 spiro atoms. The number of para-hydroxylation sites is 2. The van der Waals surface area contributed by atoms with Gasteiger partial charge in [-0.05, 0) is 66.8 Å². The van der Waals surface area contributed by atoms with E-state index in [0.29, 0.717) is 23.8 Å². The molecule has 1 N–H and O–H groups in total. The second-order valence-electron chi connectivity index (χ2n) is 8.96. The quantitative estimate of drug-likeness (QED) is 0.593. The van der Waals surface area contributed by atoms with Crippen molar-refractivity contribution in [1.82, 2.24) is 15.1 Å². The van der Waals surface area contributed by atoms with E-state index < -0.39 is 0 Å². The summed E-state index contributed by atoms with van der Waals surface area (Å²) in [6.45, 7) is 0.614. The Labute approximate surface area is 194 Å². The van der Waals surface area contributed by atoms with Crippen LogP contribution in [0, 0.1) is 11.3 Å². The fourth-order valence-corrected chi connectivity index (χ4v) is 5.17. The molecule has 168 valence electrons. The lowest BCUT2D eigenvalue weighted by Crippen LogP contribution is -2.45.